The van der Waals surface area contributed by atoms with E-state index in [0.29, 0.717) is 12.6 Å². The van der Waals surface area contributed by atoms with Crippen LogP contribution < -0.4 is 10.1 Å². The largest absolute Gasteiger partial charge is 0.492 e. The van der Waals surface area contributed by atoms with E-state index in [0.717, 1.165) is 35.2 Å². The number of ether oxygens (including phenoxy) is 1. The summed E-state index contributed by atoms with van der Waals surface area (Å²) < 4.78 is 5.76. The third-order valence-corrected chi connectivity index (χ3v) is 3.81. The first-order valence-corrected chi connectivity index (χ1v) is 8.05. The second kappa shape index (κ2) is 9.25. The average Bonchev–Trinajstić information content (AvgIpc) is 2.43. The van der Waals surface area contributed by atoms with Crippen molar-refractivity contribution in [2.45, 2.75) is 53.0 Å². The van der Waals surface area contributed by atoms with E-state index >= 15 is 0 Å². The van der Waals surface area contributed by atoms with Crippen LogP contribution in [0.25, 0.3) is 0 Å². The second-order valence-corrected chi connectivity index (χ2v) is 6.19. The predicted molar refractivity (Wildman–Crippen MR) is 87.9 cm³/mol. The monoisotopic (exact) mass is 297 g/mol. The van der Waals surface area contributed by atoms with Crippen LogP contribution in [0.3, 0.4) is 0 Å². The second-order valence-electron chi connectivity index (χ2n) is 5.78. The van der Waals surface area contributed by atoms with Crippen molar-refractivity contribution in [3.05, 3.63) is 28.8 Å². The van der Waals surface area contributed by atoms with Crippen LogP contribution in [0, 0.1) is 5.92 Å². The molecule has 0 aliphatic heterocycles. The summed E-state index contributed by atoms with van der Waals surface area (Å²) in [6, 6.07) is 6.43. The van der Waals surface area contributed by atoms with Crippen LogP contribution in [0.2, 0.25) is 5.02 Å². The van der Waals surface area contributed by atoms with E-state index in [2.05, 4.69) is 33.0 Å². The summed E-state index contributed by atoms with van der Waals surface area (Å²) in [5.41, 5.74) is 1.14. The summed E-state index contributed by atoms with van der Waals surface area (Å²) >= 11 is 6.09. The minimum Gasteiger partial charge on any atom is -0.492 e. The standard InChI is InChI=1S/C17H28ClNO/c1-5-15-12-16(8-9-17(15)18)20-11-10-19-14(4)7-6-13(2)3/h8-9,12-14,19H,5-7,10-11H2,1-4H3. The van der Waals surface area contributed by atoms with Gasteiger partial charge in [0.05, 0.1) is 0 Å². The van der Waals surface area contributed by atoms with Crippen molar-refractivity contribution in [3.8, 4) is 5.75 Å². The Kier molecular flexibility index (Phi) is 8.01. The van der Waals surface area contributed by atoms with Gasteiger partial charge in [0.1, 0.15) is 12.4 Å². The minimum atomic E-state index is 0.553. The van der Waals surface area contributed by atoms with E-state index in [1.807, 2.05) is 18.2 Å². The highest BCUT2D eigenvalue weighted by atomic mass is 35.5. The van der Waals surface area contributed by atoms with Gasteiger partial charge >= 0.3 is 0 Å². The normalized spacial score (nSPS) is 12.7. The van der Waals surface area contributed by atoms with Gasteiger partial charge in [0.2, 0.25) is 0 Å². The minimum absolute atomic E-state index is 0.553. The van der Waals surface area contributed by atoms with Crippen LogP contribution >= 0.6 is 11.6 Å². The van der Waals surface area contributed by atoms with E-state index in [-0.39, 0.29) is 0 Å². The third kappa shape index (κ3) is 6.62. The fraction of sp³-hybridized carbons (Fsp3) is 0.647. The molecule has 1 N–H and O–H groups in total. The fourth-order valence-electron chi connectivity index (χ4n) is 2.07. The van der Waals surface area contributed by atoms with Crippen molar-refractivity contribution in [1.82, 2.24) is 5.32 Å². The van der Waals surface area contributed by atoms with E-state index in [1.165, 1.54) is 12.8 Å². The van der Waals surface area contributed by atoms with Crippen LogP contribution in [0.1, 0.15) is 46.1 Å². The van der Waals surface area contributed by atoms with Crippen molar-refractivity contribution in [2.24, 2.45) is 5.92 Å². The smallest absolute Gasteiger partial charge is 0.119 e. The van der Waals surface area contributed by atoms with E-state index in [4.69, 9.17) is 16.3 Å². The molecule has 0 radical (unpaired) electrons. The highest BCUT2D eigenvalue weighted by molar-refractivity contribution is 6.31. The first kappa shape index (κ1) is 17.3. The molecule has 2 nitrogen and oxygen atoms in total. The highest BCUT2D eigenvalue weighted by Gasteiger charge is 2.04. The summed E-state index contributed by atoms with van der Waals surface area (Å²) in [7, 11) is 0. The van der Waals surface area contributed by atoms with Crippen LogP contribution in [-0.4, -0.2) is 19.2 Å². The molecule has 0 spiro atoms. The molecular weight excluding hydrogens is 270 g/mol. The molecule has 1 aromatic carbocycles. The Bertz CT molecular complexity index is 393. The Morgan fingerprint density at radius 2 is 1.95 bits per heavy atom. The average molecular weight is 298 g/mol. The van der Waals surface area contributed by atoms with Gasteiger partial charge in [-0.2, -0.15) is 0 Å². The molecule has 0 saturated heterocycles. The summed E-state index contributed by atoms with van der Waals surface area (Å²) in [6.45, 7) is 10.4. The topological polar surface area (TPSA) is 21.3 Å². The van der Waals surface area contributed by atoms with Gasteiger partial charge in [-0.05, 0) is 55.9 Å². The SMILES string of the molecule is CCc1cc(OCCNC(C)CCC(C)C)ccc1Cl. The van der Waals surface area contributed by atoms with Gasteiger partial charge < -0.3 is 10.1 Å². The quantitative estimate of drug-likeness (QED) is 0.667. The molecule has 1 unspecified atom stereocenters. The van der Waals surface area contributed by atoms with Crippen molar-refractivity contribution >= 4 is 11.6 Å². The molecule has 0 fully saturated rings. The van der Waals surface area contributed by atoms with Crippen LogP contribution in [-0.2, 0) is 6.42 Å². The molecule has 0 aliphatic rings. The van der Waals surface area contributed by atoms with Gasteiger partial charge in [-0.15, -0.1) is 0 Å². The number of aryl methyl sites for hydroxylation is 1. The molecule has 0 bridgehead atoms. The number of benzene rings is 1. The van der Waals surface area contributed by atoms with Gasteiger partial charge in [0.15, 0.2) is 0 Å². The Hall–Kier alpha value is -0.730. The number of hydrogen-bond donors (Lipinski definition) is 1. The first-order chi connectivity index (χ1) is 9.52. The van der Waals surface area contributed by atoms with Crippen LogP contribution in [0.5, 0.6) is 5.75 Å². The van der Waals surface area contributed by atoms with E-state index in [1.54, 1.807) is 0 Å². The summed E-state index contributed by atoms with van der Waals surface area (Å²) in [6.07, 6.45) is 3.42. The van der Waals surface area contributed by atoms with Crippen molar-refractivity contribution in [1.29, 1.82) is 0 Å². The summed E-state index contributed by atoms with van der Waals surface area (Å²) in [5, 5.41) is 4.32. The third-order valence-electron chi connectivity index (χ3n) is 3.44. The van der Waals surface area contributed by atoms with Crippen LogP contribution in [0.4, 0.5) is 0 Å². The zero-order valence-electron chi connectivity index (χ0n) is 13.2. The molecule has 3 heteroatoms. The Morgan fingerprint density at radius 1 is 1.20 bits per heavy atom. The molecule has 0 aromatic heterocycles. The zero-order chi connectivity index (χ0) is 15.0. The molecule has 1 rings (SSSR count). The maximum Gasteiger partial charge on any atom is 0.119 e. The van der Waals surface area contributed by atoms with Gasteiger partial charge in [0, 0.05) is 17.6 Å². The van der Waals surface area contributed by atoms with Gasteiger partial charge in [0.25, 0.3) is 0 Å². The number of hydrogen-bond acceptors (Lipinski definition) is 2. The lowest BCUT2D eigenvalue weighted by Crippen LogP contribution is -2.30. The summed E-state index contributed by atoms with van der Waals surface area (Å²) in [4.78, 5) is 0. The fourth-order valence-corrected chi connectivity index (χ4v) is 2.32. The lowest BCUT2D eigenvalue weighted by atomic mass is 10.0. The van der Waals surface area contributed by atoms with Crippen LogP contribution in [0.15, 0.2) is 18.2 Å². The van der Waals surface area contributed by atoms with Crippen molar-refractivity contribution < 1.29 is 4.74 Å². The molecule has 0 heterocycles. The van der Waals surface area contributed by atoms with Gasteiger partial charge in [-0.1, -0.05) is 32.4 Å². The molecule has 0 saturated carbocycles. The maximum absolute atomic E-state index is 6.09. The molecule has 20 heavy (non-hydrogen) atoms. The molecule has 0 aliphatic carbocycles. The van der Waals surface area contributed by atoms with Crippen molar-refractivity contribution in [3.63, 3.8) is 0 Å². The molecule has 114 valence electrons. The number of rotatable bonds is 9. The Balaban J connectivity index is 2.24. The Morgan fingerprint density at radius 3 is 2.60 bits per heavy atom. The number of halogens is 1. The van der Waals surface area contributed by atoms with E-state index < -0.39 is 0 Å². The highest BCUT2D eigenvalue weighted by Crippen LogP contribution is 2.22. The summed E-state index contributed by atoms with van der Waals surface area (Å²) in [5.74, 6) is 1.68. The molecule has 0 amide bonds. The molecule has 1 atom stereocenters. The lowest BCUT2D eigenvalue weighted by Gasteiger charge is -2.15. The zero-order valence-corrected chi connectivity index (χ0v) is 14.0. The Labute approximate surface area is 128 Å². The first-order valence-electron chi connectivity index (χ1n) is 7.67. The van der Waals surface area contributed by atoms with Crippen molar-refractivity contribution in [2.75, 3.05) is 13.2 Å². The molecular formula is C17H28ClNO. The van der Waals surface area contributed by atoms with Gasteiger partial charge in [-0.3, -0.25) is 0 Å². The number of nitrogens with one attached hydrogen (secondary N) is 1. The lowest BCUT2D eigenvalue weighted by molar-refractivity contribution is 0.302. The molecule has 1 aromatic rings. The van der Waals surface area contributed by atoms with E-state index in [9.17, 15) is 0 Å². The predicted octanol–water partition coefficient (Wildman–Crippen LogP) is 4.70. The van der Waals surface area contributed by atoms with Gasteiger partial charge in [-0.25, -0.2) is 0 Å². The maximum atomic E-state index is 6.09.